The quantitative estimate of drug-likeness (QED) is 0.692. The fourth-order valence-electron chi connectivity index (χ4n) is 1.05. The van der Waals surface area contributed by atoms with Gasteiger partial charge in [-0.1, -0.05) is 51.1 Å². The predicted octanol–water partition coefficient (Wildman–Crippen LogP) is 3.48. The van der Waals surface area contributed by atoms with Gasteiger partial charge in [0.2, 0.25) is 0 Å². The summed E-state index contributed by atoms with van der Waals surface area (Å²) in [5.41, 5.74) is 0.873. The fraction of sp³-hybridized carbons (Fsp3) is 0.400. The molecule has 0 aromatic heterocycles. The van der Waals surface area contributed by atoms with Crippen molar-refractivity contribution in [2.24, 2.45) is 5.41 Å². The van der Waals surface area contributed by atoms with Gasteiger partial charge in [0.1, 0.15) is 5.78 Å². The minimum absolute atomic E-state index is 0.226. The fourth-order valence-corrected chi connectivity index (χ4v) is 1.05. The van der Waals surface area contributed by atoms with E-state index < -0.39 is 0 Å². The van der Waals surface area contributed by atoms with Crippen molar-refractivity contribution < 1.29 is 4.79 Å². The summed E-state index contributed by atoms with van der Waals surface area (Å²) in [6, 6.07) is 9.87. The third-order valence-electron chi connectivity index (χ3n) is 2.04. The number of terminal acetylenes is 1. The average Bonchev–Trinajstić information content (AvgIpc) is 2.19. The Hall–Kier alpha value is -1.55. The number of carbonyl (C=O) groups excluding carboxylic acids is 1. The van der Waals surface area contributed by atoms with Crippen LogP contribution in [0.5, 0.6) is 0 Å². The second-order valence-corrected chi connectivity index (χ2v) is 4.62. The van der Waals surface area contributed by atoms with Gasteiger partial charge in [0, 0.05) is 11.8 Å². The lowest BCUT2D eigenvalue weighted by Crippen LogP contribution is -2.21. The van der Waals surface area contributed by atoms with Gasteiger partial charge < -0.3 is 0 Å². The standard InChI is InChI=1S/C12H16O.C3H4/c1-12(2,3)11(13)9-10-7-5-4-6-8-10;1-3-2/h4-8H,9H2,1-3H3;1H,2H3. The topological polar surface area (TPSA) is 17.1 Å². The summed E-state index contributed by atoms with van der Waals surface area (Å²) in [7, 11) is 0. The lowest BCUT2D eigenvalue weighted by Gasteiger charge is -2.16. The smallest absolute Gasteiger partial charge is 0.142 e. The molecule has 0 N–H and O–H groups in total. The highest BCUT2D eigenvalue weighted by molar-refractivity contribution is 5.85. The van der Waals surface area contributed by atoms with E-state index in [0.29, 0.717) is 12.2 Å². The van der Waals surface area contributed by atoms with Crippen molar-refractivity contribution in [2.45, 2.75) is 34.1 Å². The molecule has 0 saturated carbocycles. The Kier molecular flexibility index (Phi) is 6.18. The highest BCUT2D eigenvalue weighted by Crippen LogP contribution is 2.17. The maximum absolute atomic E-state index is 11.6. The average molecular weight is 216 g/mol. The number of benzene rings is 1. The largest absolute Gasteiger partial charge is 0.299 e. The minimum Gasteiger partial charge on any atom is -0.299 e. The molecule has 16 heavy (non-hydrogen) atoms. The summed E-state index contributed by atoms with van der Waals surface area (Å²) in [4.78, 5) is 11.6. The van der Waals surface area contributed by atoms with E-state index in [1.165, 1.54) is 0 Å². The van der Waals surface area contributed by atoms with Gasteiger partial charge in [0.05, 0.1) is 0 Å². The monoisotopic (exact) mass is 216 g/mol. The zero-order valence-corrected chi connectivity index (χ0v) is 10.6. The van der Waals surface area contributed by atoms with Crippen LogP contribution in [-0.4, -0.2) is 5.78 Å². The first-order valence-electron chi connectivity index (χ1n) is 5.36. The summed E-state index contributed by atoms with van der Waals surface area (Å²) in [5.74, 6) is 2.54. The van der Waals surface area contributed by atoms with Gasteiger partial charge in [0.25, 0.3) is 0 Å². The summed E-state index contributed by atoms with van der Waals surface area (Å²) in [6.07, 6.45) is 5.14. The van der Waals surface area contributed by atoms with E-state index in [0.717, 1.165) is 5.56 Å². The van der Waals surface area contributed by atoms with Crippen LogP contribution in [0.25, 0.3) is 0 Å². The van der Waals surface area contributed by atoms with Crippen LogP contribution in [0.15, 0.2) is 30.3 Å². The Balaban J connectivity index is 0.000000673. The first-order chi connectivity index (χ1) is 7.41. The van der Waals surface area contributed by atoms with E-state index in [1.54, 1.807) is 6.92 Å². The third kappa shape index (κ3) is 6.03. The Morgan fingerprint density at radius 3 is 2.06 bits per heavy atom. The molecule has 1 aromatic carbocycles. The number of hydrogen-bond acceptors (Lipinski definition) is 1. The van der Waals surface area contributed by atoms with Crippen LogP contribution < -0.4 is 0 Å². The summed E-state index contributed by atoms with van der Waals surface area (Å²) >= 11 is 0. The van der Waals surface area contributed by atoms with Gasteiger partial charge in [-0.05, 0) is 12.5 Å². The molecule has 0 amide bonds. The van der Waals surface area contributed by atoms with Crippen LogP contribution in [0.4, 0.5) is 0 Å². The van der Waals surface area contributed by atoms with Gasteiger partial charge in [-0.25, -0.2) is 0 Å². The molecule has 0 aliphatic heterocycles. The molecule has 0 unspecified atom stereocenters. The molecule has 1 rings (SSSR count). The number of rotatable bonds is 2. The van der Waals surface area contributed by atoms with Crippen molar-refractivity contribution in [3.8, 4) is 12.3 Å². The lowest BCUT2D eigenvalue weighted by molar-refractivity contribution is -0.125. The molecule has 1 heteroatoms. The van der Waals surface area contributed by atoms with Crippen LogP contribution in [-0.2, 0) is 11.2 Å². The molecule has 0 saturated heterocycles. The molecule has 0 spiro atoms. The maximum Gasteiger partial charge on any atom is 0.142 e. The van der Waals surface area contributed by atoms with Crippen LogP contribution in [0, 0.1) is 17.8 Å². The van der Waals surface area contributed by atoms with E-state index in [9.17, 15) is 4.79 Å². The van der Waals surface area contributed by atoms with Crippen molar-refractivity contribution in [3.05, 3.63) is 35.9 Å². The zero-order chi connectivity index (χ0) is 12.6. The highest BCUT2D eigenvalue weighted by atomic mass is 16.1. The predicted molar refractivity (Wildman–Crippen MR) is 69.1 cm³/mol. The highest BCUT2D eigenvalue weighted by Gasteiger charge is 2.20. The first-order valence-corrected chi connectivity index (χ1v) is 5.36. The molecule has 1 aromatic rings. The van der Waals surface area contributed by atoms with Gasteiger partial charge >= 0.3 is 0 Å². The Morgan fingerprint density at radius 1 is 1.25 bits per heavy atom. The van der Waals surface area contributed by atoms with Crippen molar-refractivity contribution in [3.63, 3.8) is 0 Å². The molecule has 0 radical (unpaired) electrons. The third-order valence-corrected chi connectivity index (χ3v) is 2.04. The molecular formula is C15H20O. The van der Waals surface area contributed by atoms with Crippen molar-refractivity contribution in [1.29, 1.82) is 0 Å². The maximum atomic E-state index is 11.6. The zero-order valence-electron chi connectivity index (χ0n) is 10.6. The Labute approximate surface area is 98.9 Å². The van der Waals surface area contributed by atoms with E-state index in [4.69, 9.17) is 0 Å². The van der Waals surface area contributed by atoms with E-state index >= 15 is 0 Å². The van der Waals surface area contributed by atoms with Gasteiger partial charge in [0.15, 0.2) is 0 Å². The van der Waals surface area contributed by atoms with Gasteiger partial charge in [-0.2, -0.15) is 0 Å². The molecule has 1 nitrogen and oxygen atoms in total. The number of ketones is 1. The molecule has 0 bridgehead atoms. The molecule has 0 fully saturated rings. The number of Topliss-reactive ketones (excluding diaryl/α,β-unsaturated/α-hetero) is 1. The van der Waals surface area contributed by atoms with Crippen molar-refractivity contribution in [2.75, 3.05) is 0 Å². The normalized spacial score (nSPS) is 9.69. The number of hydrogen-bond donors (Lipinski definition) is 0. The molecule has 86 valence electrons. The van der Waals surface area contributed by atoms with Crippen LogP contribution in [0.1, 0.15) is 33.3 Å². The van der Waals surface area contributed by atoms with Crippen LogP contribution >= 0.6 is 0 Å². The number of carbonyl (C=O) groups is 1. The van der Waals surface area contributed by atoms with Crippen LogP contribution in [0.2, 0.25) is 0 Å². The second kappa shape index (κ2) is 6.85. The van der Waals surface area contributed by atoms with Crippen LogP contribution in [0.3, 0.4) is 0 Å². The first kappa shape index (κ1) is 14.5. The lowest BCUT2D eigenvalue weighted by atomic mass is 9.87. The molecule has 0 aliphatic carbocycles. The van der Waals surface area contributed by atoms with Crippen molar-refractivity contribution >= 4 is 5.78 Å². The van der Waals surface area contributed by atoms with Crippen molar-refractivity contribution in [1.82, 2.24) is 0 Å². The summed E-state index contributed by atoms with van der Waals surface area (Å²) in [5, 5.41) is 0. The van der Waals surface area contributed by atoms with E-state index in [1.807, 2.05) is 51.1 Å². The van der Waals surface area contributed by atoms with E-state index in [2.05, 4.69) is 12.3 Å². The second-order valence-electron chi connectivity index (χ2n) is 4.62. The van der Waals surface area contributed by atoms with Gasteiger partial charge in [-0.15, -0.1) is 12.3 Å². The SMILES string of the molecule is C#CC.CC(C)(C)C(=O)Cc1ccccc1. The van der Waals surface area contributed by atoms with E-state index in [-0.39, 0.29) is 5.41 Å². The molecular weight excluding hydrogens is 196 g/mol. The van der Waals surface area contributed by atoms with Gasteiger partial charge in [-0.3, -0.25) is 4.79 Å². The molecule has 0 atom stereocenters. The summed E-state index contributed by atoms with van der Waals surface area (Å²) in [6.45, 7) is 7.52. The molecule has 0 aliphatic rings. The minimum atomic E-state index is -0.226. The Bertz CT molecular complexity index is 349. The summed E-state index contributed by atoms with van der Waals surface area (Å²) < 4.78 is 0. The Morgan fingerprint density at radius 2 is 1.69 bits per heavy atom. The molecule has 0 heterocycles.